The number of alkyl carbamates (subject to hydrolysis) is 1. The molecule has 1 fully saturated rings. The normalized spacial score (nSPS) is 16.0. The van der Waals surface area contributed by atoms with Gasteiger partial charge in [-0.3, -0.25) is 9.69 Å². The lowest BCUT2D eigenvalue weighted by Crippen LogP contribution is -2.56. The summed E-state index contributed by atoms with van der Waals surface area (Å²) in [6.07, 6.45) is 1.98. The summed E-state index contributed by atoms with van der Waals surface area (Å²) in [5.74, 6) is -0.0842. The Kier molecular flexibility index (Phi) is 12.5. The molecular weight excluding hydrogens is 536 g/mol. The first-order valence-electron chi connectivity index (χ1n) is 15.0. The average Bonchev–Trinajstić information content (AvgIpc) is 2.93. The van der Waals surface area contributed by atoms with E-state index in [2.05, 4.69) is 60.2 Å². The Bertz CT molecular complexity index is 1110. The predicted molar refractivity (Wildman–Crippen MR) is 167 cm³/mol. The first-order chi connectivity index (χ1) is 19.5. The molecule has 41 heavy (non-hydrogen) atoms. The molecule has 2 aromatic carbocycles. The fourth-order valence-electron chi connectivity index (χ4n) is 5.47. The monoisotopic (exact) mass is 584 g/mol. The lowest BCUT2D eigenvalue weighted by atomic mass is 9.97. The van der Waals surface area contributed by atoms with E-state index in [4.69, 9.17) is 16.3 Å². The van der Waals surface area contributed by atoms with Gasteiger partial charge in [0.15, 0.2) is 0 Å². The van der Waals surface area contributed by atoms with Crippen LogP contribution in [0.15, 0.2) is 48.5 Å². The molecule has 2 amide bonds. The summed E-state index contributed by atoms with van der Waals surface area (Å²) in [6, 6.07) is 15.8. The van der Waals surface area contributed by atoms with Crippen LogP contribution in [-0.2, 0) is 16.0 Å². The summed E-state index contributed by atoms with van der Waals surface area (Å²) in [5.41, 5.74) is 2.88. The quantitative estimate of drug-likeness (QED) is 0.327. The molecule has 1 aliphatic rings. The van der Waals surface area contributed by atoms with Gasteiger partial charge in [-0.1, -0.05) is 67.4 Å². The number of aryl methyl sites for hydroxylation is 1. The van der Waals surface area contributed by atoms with Crippen molar-refractivity contribution >= 4 is 23.6 Å². The maximum Gasteiger partial charge on any atom is 0.408 e. The second kappa shape index (κ2) is 15.6. The Balaban J connectivity index is 1.70. The number of nitrogens with one attached hydrogen (secondary N) is 1. The van der Waals surface area contributed by atoms with Crippen molar-refractivity contribution in [2.75, 3.05) is 45.8 Å². The van der Waals surface area contributed by atoms with Crippen molar-refractivity contribution in [1.29, 1.82) is 0 Å². The predicted octanol–water partition coefficient (Wildman–Crippen LogP) is 6.09. The highest BCUT2D eigenvalue weighted by Crippen LogP contribution is 2.28. The van der Waals surface area contributed by atoms with Crippen molar-refractivity contribution in [3.05, 3.63) is 70.2 Å². The van der Waals surface area contributed by atoms with Gasteiger partial charge in [0.1, 0.15) is 11.6 Å². The molecule has 0 radical (unpaired) electrons. The molecule has 8 heteroatoms. The molecule has 1 aliphatic heterocycles. The number of carbonyl (C=O) groups is 2. The van der Waals surface area contributed by atoms with Gasteiger partial charge in [-0.2, -0.15) is 0 Å². The number of rotatable bonds is 12. The minimum Gasteiger partial charge on any atom is -0.444 e. The van der Waals surface area contributed by atoms with Crippen LogP contribution in [0, 0.1) is 6.92 Å². The fraction of sp³-hybridized carbons (Fsp3) is 0.576. The maximum atomic E-state index is 13.8. The third-order valence-electron chi connectivity index (χ3n) is 7.68. The van der Waals surface area contributed by atoms with E-state index in [1.807, 2.05) is 37.8 Å². The Hall–Kier alpha value is -2.61. The Labute approximate surface area is 252 Å². The van der Waals surface area contributed by atoms with Crippen molar-refractivity contribution in [3.63, 3.8) is 0 Å². The topological polar surface area (TPSA) is 65.1 Å². The van der Waals surface area contributed by atoms with Gasteiger partial charge in [0, 0.05) is 43.7 Å². The van der Waals surface area contributed by atoms with Crippen molar-refractivity contribution in [2.45, 2.75) is 78.5 Å². The van der Waals surface area contributed by atoms with Gasteiger partial charge in [-0.15, -0.1) is 0 Å². The number of halogens is 1. The number of nitrogens with zero attached hydrogens (tertiary/aromatic N) is 3. The van der Waals surface area contributed by atoms with Gasteiger partial charge < -0.3 is 19.9 Å². The van der Waals surface area contributed by atoms with Gasteiger partial charge >= 0.3 is 6.09 Å². The maximum absolute atomic E-state index is 13.8. The van der Waals surface area contributed by atoms with Crippen LogP contribution in [0.2, 0.25) is 5.02 Å². The second-order valence-corrected chi connectivity index (χ2v) is 12.4. The number of hydrogen-bond acceptors (Lipinski definition) is 5. The summed E-state index contributed by atoms with van der Waals surface area (Å²) < 4.78 is 5.49. The molecule has 226 valence electrons. The number of hydrogen-bond donors (Lipinski definition) is 1. The summed E-state index contributed by atoms with van der Waals surface area (Å²) in [6.45, 7) is 18.1. The molecule has 2 atom stereocenters. The van der Waals surface area contributed by atoms with Crippen LogP contribution >= 0.6 is 11.6 Å². The van der Waals surface area contributed by atoms with Gasteiger partial charge in [0.05, 0.1) is 0 Å². The summed E-state index contributed by atoms with van der Waals surface area (Å²) >= 11 is 6.07. The Morgan fingerprint density at radius 2 is 1.68 bits per heavy atom. The van der Waals surface area contributed by atoms with Crippen LogP contribution in [0.4, 0.5) is 4.79 Å². The zero-order valence-electron chi connectivity index (χ0n) is 25.8. The van der Waals surface area contributed by atoms with Crippen LogP contribution in [0.25, 0.3) is 0 Å². The highest BCUT2D eigenvalue weighted by atomic mass is 35.5. The summed E-state index contributed by atoms with van der Waals surface area (Å²) in [5, 5.41) is 3.48. The molecular formula is C33H49ClN4O3. The molecule has 2 aromatic rings. The highest BCUT2D eigenvalue weighted by Gasteiger charge is 2.32. The van der Waals surface area contributed by atoms with E-state index in [1.165, 1.54) is 11.1 Å². The minimum absolute atomic E-state index is 0.0842. The third-order valence-corrected chi connectivity index (χ3v) is 7.93. The highest BCUT2D eigenvalue weighted by molar-refractivity contribution is 6.30. The van der Waals surface area contributed by atoms with E-state index in [1.54, 1.807) is 12.1 Å². The van der Waals surface area contributed by atoms with E-state index in [-0.39, 0.29) is 5.91 Å². The zero-order valence-corrected chi connectivity index (χ0v) is 26.5. The molecule has 0 aliphatic carbocycles. The van der Waals surface area contributed by atoms with Crippen LogP contribution < -0.4 is 5.32 Å². The number of carbonyl (C=O) groups excluding carboxylic acids is 2. The van der Waals surface area contributed by atoms with Crippen LogP contribution in [0.1, 0.15) is 70.2 Å². The van der Waals surface area contributed by atoms with Crippen LogP contribution in [0.5, 0.6) is 0 Å². The third kappa shape index (κ3) is 10.6. The Morgan fingerprint density at radius 3 is 2.27 bits per heavy atom. The van der Waals surface area contributed by atoms with E-state index in [0.29, 0.717) is 30.6 Å². The van der Waals surface area contributed by atoms with E-state index >= 15 is 0 Å². The van der Waals surface area contributed by atoms with Gasteiger partial charge in [-0.25, -0.2) is 4.79 Å². The molecule has 1 N–H and O–H groups in total. The second-order valence-electron chi connectivity index (χ2n) is 12.0. The SMILES string of the molecule is CCN(CC)CCCC(c1cccc(C)c1)N1CCN(C(=O)[C@@H](Cc2ccc(Cl)cc2)NC(=O)OC(C)(C)C)CC1. The molecule has 1 saturated heterocycles. The molecule has 0 bridgehead atoms. The first-order valence-corrected chi connectivity index (χ1v) is 15.4. The van der Waals surface area contributed by atoms with Crippen molar-refractivity contribution in [3.8, 4) is 0 Å². The van der Waals surface area contributed by atoms with Gasteiger partial charge in [0.25, 0.3) is 0 Å². The zero-order chi connectivity index (χ0) is 30.0. The number of ether oxygens (including phenoxy) is 1. The van der Waals surface area contributed by atoms with Crippen LogP contribution in [0.3, 0.4) is 0 Å². The van der Waals surface area contributed by atoms with E-state index < -0.39 is 17.7 Å². The summed E-state index contributed by atoms with van der Waals surface area (Å²) in [7, 11) is 0. The first kappa shape index (κ1) is 32.9. The van der Waals surface area contributed by atoms with E-state index in [9.17, 15) is 9.59 Å². The molecule has 0 saturated carbocycles. The van der Waals surface area contributed by atoms with E-state index in [0.717, 1.165) is 51.1 Å². The molecule has 7 nitrogen and oxygen atoms in total. The molecule has 1 unspecified atom stereocenters. The largest absolute Gasteiger partial charge is 0.444 e. The van der Waals surface area contributed by atoms with Gasteiger partial charge in [0.2, 0.25) is 5.91 Å². The molecule has 1 heterocycles. The number of amides is 2. The number of piperazine rings is 1. The number of benzene rings is 2. The lowest BCUT2D eigenvalue weighted by Gasteiger charge is -2.41. The summed E-state index contributed by atoms with van der Waals surface area (Å²) in [4.78, 5) is 33.3. The lowest BCUT2D eigenvalue weighted by molar-refractivity contribution is -0.135. The van der Waals surface area contributed by atoms with Crippen molar-refractivity contribution < 1.29 is 14.3 Å². The smallest absolute Gasteiger partial charge is 0.408 e. The minimum atomic E-state index is -0.723. The van der Waals surface area contributed by atoms with Gasteiger partial charge in [-0.05, 0) is 83.4 Å². The standard InChI is InChI=1S/C33H49ClN4O3/c1-7-36(8-2)18-10-13-30(27-12-9-11-25(3)23-27)37-19-21-38(22-20-37)31(39)29(35-32(40)41-33(4,5)6)24-26-14-16-28(34)17-15-26/h9,11-12,14-17,23,29-30H,7-8,10,13,18-22,24H2,1-6H3,(H,35,40)/t29-,30?/m1/s1. The van der Waals surface area contributed by atoms with Crippen LogP contribution in [-0.4, -0.2) is 84.2 Å². The average molecular weight is 585 g/mol. The molecule has 0 spiro atoms. The molecule has 0 aromatic heterocycles. The fourth-order valence-corrected chi connectivity index (χ4v) is 5.59. The van der Waals surface area contributed by atoms with Crippen molar-refractivity contribution in [1.82, 2.24) is 20.0 Å². The molecule has 3 rings (SSSR count). The Morgan fingerprint density at radius 1 is 1.02 bits per heavy atom. The van der Waals surface area contributed by atoms with Crippen molar-refractivity contribution in [2.24, 2.45) is 0 Å².